The minimum absolute atomic E-state index is 0.0715. The Kier molecular flexibility index (Phi) is 3.46. The zero-order valence-corrected chi connectivity index (χ0v) is 14.0. The van der Waals surface area contributed by atoms with Crippen LogP contribution in [0, 0.1) is 34.5 Å². The van der Waals surface area contributed by atoms with Gasteiger partial charge in [-0.2, -0.15) is 0 Å². The molecule has 0 aliphatic heterocycles. The van der Waals surface area contributed by atoms with Gasteiger partial charge in [0.25, 0.3) is 0 Å². The van der Waals surface area contributed by atoms with E-state index in [2.05, 4.69) is 13.8 Å². The van der Waals surface area contributed by atoms with Gasteiger partial charge in [-0.05, 0) is 85.9 Å². The Morgan fingerprint density at radius 1 is 0.773 bits per heavy atom. The zero-order chi connectivity index (χ0) is 15.7. The van der Waals surface area contributed by atoms with E-state index in [9.17, 15) is 15.3 Å². The molecule has 0 aromatic rings. The molecule has 9 atom stereocenters. The average Bonchev–Trinajstić information content (AvgIpc) is 2.72. The van der Waals surface area contributed by atoms with Gasteiger partial charge in [-0.1, -0.05) is 13.8 Å². The van der Waals surface area contributed by atoms with E-state index in [1.165, 1.54) is 19.3 Å². The summed E-state index contributed by atoms with van der Waals surface area (Å²) in [4.78, 5) is 0. The molecule has 0 saturated heterocycles. The van der Waals surface area contributed by atoms with Gasteiger partial charge in [-0.25, -0.2) is 0 Å². The number of hydrogen-bond donors (Lipinski definition) is 3. The van der Waals surface area contributed by atoms with E-state index in [1.54, 1.807) is 0 Å². The lowest BCUT2D eigenvalue weighted by Gasteiger charge is -2.60. The Morgan fingerprint density at radius 2 is 1.50 bits per heavy atom. The molecule has 0 spiro atoms. The normalized spacial score (nSPS) is 61.2. The van der Waals surface area contributed by atoms with Crippen molar-refractivity contribution in [1.82, 2.24) is 0 Å². The summed E-state index contributed by atoms with van der Waals surface area (Å²) in [5.41, 5.74) is 0.305. The van der Waals surface area contributed by atoms with Crippen molar-refractivity contribution >= 4 is 0 Å². The molecule has 126 valence electrons. The second kappa shape index (κ2) is 4.94. The first-order chi connectivity index (χ1) is 10.4. The summed E-state index contributed by atoms with van der Waals surface area (Å²) in [6.45, 7) is 4.69. The molecule has 22 heavy (non-hydrogen) atoms. The van der Waals surface area contributed by atoms with Gasteiger partial charge in [0.1, 0.15) is 0 Å². The maximum Gasteiger partial charge on any atom is 0.0855 e. The number of aliphatic hydroxyl groups is 3. The van der Waals surface area contributed by atoms with Crippen LogP contribution in [0.3, 0.4) is 0 Å². The van der Waals surface area contributed by atoms with Crippen molar-refractivity contribution in [1.29, 1.82) is 0 Å². The summed E-state index contributed by atoms with van der Waals surface area (Å²) in [5, 5.41) is 30.8. The van der Waals surface area contributed by atoms with Crippen LogP contribution in [0.1, 0.15) is 65.2 Å². The van der Waals surface area contributed by atoms with Gasteiger partial charge in [0, 0.05) is 0 Å². The average molecular weight is 308 g/mol. The van der Waals surface area contributed by atoms with Crippen LogP contribution >= 0.6 is 0 Å². The van der Waals surface area contributed by atoms with Crippen LogP contribution < -0.4 is 0 Å². The SMILES string of the molecule is C[C@]12CC[C@H]3[C@@H](CCC4C[C@H](O)CC[C@@]43C)[C@@H]1C[C@H](O)[C@@H]2O. The fraction of sp³-hybridized carbons (Fsp3) is 1.00. The van der Waals surface area contributed by atoms with E-state index in [4.69, 9.17) is 0 Å². The molecule has 0 radical (unpaired) electrons. The minimum Gasteiger partial charge on any atom is -0.393 e. The van der Waals surface area contributed by atoms with Gasteiger partial charge >= 0.3 is 0 Å². The summed E-state index contributed by atoms with van der Waals surface area (Å²) >= 11 is 0. The Hall–Kier alpha value is -0.120. The van der Waals surface area contributed by atoms with Gasteiger partial charge in [0.15, 0.2) is 0 Å². The van der Waals surface area contributed by atoms with Crippen LogP contribution in [0.5, 0.6) is 0 Å². The maximum atomic E-state index is 10.5. The Bertz CT molecular complexity index is 452. The van der Waals surface area contributed by atoms with Crippen LogP contribution in [0.15, 0.2) is 0 Å². The highest BCUT2D eigenvalue weighted by atomic mass is 16.3. The summed E-state index contributed by atoms with van der Waals surface area (Å²) in [6.07, 6.45) is 7.49. The largest absolute Gasteiger partial charge is 0.393 e. The molecule has 4 aliphatic rings. The lowest BCUT2D eigenvalue weighted by atomic mass is 9.45. The molecule has 1 unspecified atom stereocenters. The van der Waals surface area contributed by atoms with Gasteiger partial charge in [0.2, 0.25) is 0 Å². The number of aliphatic hydroxyl groups excluding tert-OH is 3. The summed E-state index contributed by atoms with van der Waals surface area (Å²) in [6, 6.07) is 0. The van der Waals surface area contributed by atoms with Crippen molar-refractivity contribution in [2.45, 2.75) is 83.5 Å². The highest BCUT2D eigenvalue weighted by Gasteiger charge is 2.61. The molecule has 3 nitrogen and oxygen atoms in total. The van der Waals surface area contributed by atoms with E-state index in [1.807, 2.05) is 0 Å². The molecule has 0 amide bonds. The summed E-state index contributed by atoms with van der Waals surface area (Å²) < 4.78 is 0. The fourth-order valence-electron chi connectivity index (χ4n) is 7.22. The van der Waals surface area contributed by atoms with Crippen molar-refractivity contribution in [2.75, 3.05) is 0 Å². The van der Waals surface area contributed by atoms with Crippen LogP contribution in [-0.4, -0.2) is 33.6 Å². The van der Waals surface area contributed by atoms with Crippen molar-refractivity contribution in [3.8, 4) is 0 Å². The van der Waals surface area contributed by atoms with Crippen molar-refractivity contribution < 1.29 is 15.3 Å². The van der Waals surface area contributed by atoms with E-state index in [0.29, 0.717) is 23.2 Å². The van der Waals surface area contributed by atoms with Gasteiger partial charge in [-0.15, -0.1) is 0 Å². The van der Waals surface area contributed by atoms with Crippen LogP contribution in [0.25, 0.3) is 0 Å². The lowest BCUT2D eigenvalue weighted by molar-refractivity contribution is -0.135. The zero-order valence-electron chi connectivity index (χ0n) is 14.0. The van der Waals surface area contributed by atoms with E-state index >= 15 is 0 Å². The third-order valence-electron chi connectivity index (χ3n) is 8.61. The number of hydrogen-bond acceptors (Lipinski definition) is 3. The van der Waals surface area contributed by atoms with Crippen LogP contribution in [0.2, 0.25) is 0 Å². The molecular formula is C19H32O3. The molecule has 0 bridgehead atoms. The summed E-state index contributed by atoms with van der Waals surface area (Å²) in [7, 11) is 0. The molecule has 3 heteroatoms. The van der Waals surface area contributed by atoms with Crippen LogP contribution in [-0.2, 0) is 0 Å². The molecule has 3 N–H and O–H groups in total. The molecule has 0 aromatic carbocycles. The first-order valence-corrected chi connectivity index (χ1v) is 9.40. The quantitative estimate of drug-likeness (QED) is 0.645. The van der Waals surface area contributed by atoms with Crippen LogP contribution in [0.4, 0.5) is 0 Å². The van der Waals surface area contributed by atoms with Gasteiger partial charge in [-0.3, -0.25) is 0 Å². The molecular weight excluding hydrogens is 276 g/mol. The van der Waals surface area contributed by atoms with Gasteiger partial charge < -0.3 is 15.3 Å². The Labute approximate surface area is 134 Å². The predicted molar refractivity (Wildman–Crippen MR) is 85.1 cm³/mol. The highest BCUT2D eigenvalue weighted by Crippen LogP contribution is 2.66. The summed E-state index contributed by atoms with van der Waals surface area (Å²) in [5.74, 6) is 2.57. The second-order valence-electron chi connectivity index (χ2n) is 9.38. The third-order valence-corrected chi connectivity index (χ3v) is 8.61. The molecule has 0 heterocycles. The van der Waals surface area contributed by atoms with Crippen molar-refractivity contribution in [3.05, 3.63) is 0 Å². The topological polar surface area (TPSA) is 60.7 Å². The maximum absolute atomic E-state index is 10.5. The first-order valence-electron chi connectivity index (χ1n) is 9.40. The standard InChI is InChI=1S/C19H32O3/c1-18-7-5-12(20)9-11(18)3-4-13-14(18)6-8-19(2)15(13)10-16(21)17(19)22/h11-17,20-22H,3-10H2,1-2H3/t11?,12-,13-,14+,15+,16+,17+,18+,19+/m1/s1. The smallest absolute Gasteiger partial charge is 0.0855 e. The van der Waals surface area contributed by atoms with Crippen molar-refractivity contribution in [3.63, 3.8) is 0 Å². The van der Waals surface area contributed by atoms with E-state index in [0.717, 1.165) is 38.0 Å². The third kappa shape index (κ3) is 1.91. The van der Waals surface area contributed by atoms with E-state index < -0.39 is 12.2 Å². The monoisotopic (exact) mass is 308 g/mol. The lowest BCUT2D eigenvalue weighted by Crippen LogP contribution is -2.54. The Balaban J connectivity index is 1.63. The van der Waals surface area contributed by atoms with Crippen molar-refractivity contribution in [2.24, 2.45) is 34.5 Å². The van der Waals surface area contributed by atoms with Gasteiger partial charge in [0.05, 0.1) is 18.3 Å². The molecule has 4 saturated carbocycles. The van der Waals surface area contributed by atoms with E-state index in [-0.39, 0.29) is 11.5 Å². The molecule has 4 fully saturated rings. The molecule has 0 aromatic heterocycles. The second-order valence-corrected chi connectivity index (χ2v) is 9.38. The molecule has 4 rings (SSSR count). The molecule has 4 aliphatic carbocycles. The first kappa shape index (κ1) is 15.4. The number of rotatable bonds is 0. The predicted octanol–water partition coefficient (Wildman–Crippen LogP) is 2.72. The highest BCUT2D eigenvalue weighted by molar-refractivity contribution is 5.11. The number of fused-ring (bicyclic) bond motifs is 5. The Morgan fingerprint density at radius 3 is 2.27 bits per heavy atom. The minimum atomic E-state index is -0.530. The fourth-order valence-corrected chi connectivity index (χ4v) is 7.22.